The van der Waals surface area contributed by atoms with Crippen LogP contribution in [0.15, 0.2) is 71.8 Å². The van der Waals surface area contributed by atoms with Gasteiger partial charge in [0.05, 0.1) is 25.5 Å². The van der Waals surface area contributed by atoms with Crippen LogP contribution in [0.25, 0.3) is 16.8 Å². The van der Waals surface area contributed by atoms with Crippen molar-refractivity contribution >= 4 is 5.52 Å². The third-order valence-corrected chi connectivity index (χ3v) is 4.80. The Balaban J connectivity index is 1.65. The first-order chi connectivity index (χ1) is 13.5. The van der Waals surface area contributed by atoms with Crippen LogP contribution in [0.5, 0.6) is 5.75 Å². The van der Waals surface area contributed by atoms with Crippen LogP contribution in [0.4, 0.5) is 0 Å². The highest BCUT2D eigenvalue weighted by Crippen LogP contribution is 2.21. The number of aryl methyl sites for hydroxylation is 1. The zero-order chi connectivity index (χ0) is 19.7. The molecule has 2 aromatic carbocycles. The lowest BCUT2D eigenvalue weighted by molar-refractivity contribution is 0.155. The summed E-state index contributed by atoms with van der Waals surface area (Å²) in [7, 11) is 1.58. The van der Waals surface area contributed by atoms with Gasteiger partial charge >= 0.3 is 0 Å². The molecule has 28 heavy (non-hydrogen) atoms. The first-order valence-corrected chi connectivity index (χ1v) is 9.03. The molecule has 0 amide bonds. The van der Waals surface area contributed by atoms with Crippen LogP contribution in [0, 0.1) is 6.92 Å². The highest BCUT2D eigenvalue weighted by Gasteiger charge is 2.13. The van der Waals surface area contributed by atoms with Crippen molar-refractivity contribution in [3.05, 3.63) is 88.5 Å². The quantitative estimate of drug-likeness (QED) is 0.582. The van der Waals surface area contributed by atoms with Crippen LogP contribution in [0.2, 0.25) is 0 Å². The summed E-state index contributed by atoms with van der Waals surface area (Å²) in [6.45, 7) is 2.17. The van der Waals surface area contributed by atoms with E-state index in [0.29, 0.717) is 16.8 Å². The van der Waals surface area contributed by atoms with E-state index in [0.717, 1.165) is 11.3 Å². The van der Waals surface area contributed by atoms with E-state index in [4.69, 9.17) is 4.74 Å². The van der Waals surface area contributed by atoms with Gasteiger partial charge in [0.1, 0.15) is 11.3 Å². The second-order valence-corrected chi connectivity index (χ2v) is 6.77. The molecule has 0 bridgehead atoms. The summed E-state index contributed by atoms with van der Waals surface area (Å²) in [6.07, 6.45) is 2.55. The van der Waals surface area contributed by atoms with Crippen LogP contribution >= 0.6 is 0 Å². The molecule has 0 spiro atoms. The standard InChI is InChI=1S/C22H21N3O3/c1-15-6-8-16(9-7-15)19-13-20-22(27)24(10-11-25(20)23-19)14-21(26)17-4-3-5-18(12-17)28-2/h3-13,21,26H,14H2,1-2H3/t21-/m0/s1. The molecule has 0 aliphatic carbocycles. The van der Waals surface area contributed by atoms with Crippen molar-refractivity contribution in [1.29, 1.82) is 0 Å². The summed E-state index contributed by atoms with van der Waals surface area (Å²) in [5, 5.41) is 15.1. The van der Waals surface area contributed by atoms with Crippen LogP contribution < -0.4 is 10.3 Å². The van der Waals surface area contributed by atoms with Gasteiger partial charge in [-0.25, -0.2) is 4.52 Å². The number of hydrogen-bond acceptors (Lipinski definition) is 4. The lowest BCUT2D eigenvalue weighted by atomic mass is 10.1. The average Bonchev–Trinajstić information content (AvgIpc) is 3.16. The van der Waals surface area contributed by atoms with Gasteiger partial charge in [0, 0.05) is 18.0 Å². The van der Waals surface area contributed by atoms with E-state index < -0.39 is 6.10 Å². The van der Waals surface area contributed by atoms with Gasteiger partial charge in [-0.1, -0.05) is 42.0 Å². The lowest BCUT2D eigenvalue weighted by Crippen LogP contribution is -2.24. The summed E-state index contributed by atoms with van der Waals surface area (Å²) in [5.74, 6) is 0.665. The zero-order valence-corrected chi connectivity index (χ0v) is 15.7. The number of nitrogens with zero attached hydrogens (tertiary/aromatic N) is 3. The maximum absolute atomic E-state index is 12.9. The Kier molecular flexibility index (Phi) is 4.71. The number of aliphatic hydroxyl groups excluding tert-OH is 1. The van der Waals surface area contributed by atoms with Crippen molar-refractivity contribution in [3.63, 3.8) is 0 Å². The van der Waals surface area contributed by atoms with Gasteiger partial charge in [-0.05, 0) is 30.7 Å². The maximum atomic E-state index is 12.9. The molecule has 0 unspecified atom stereocenters. The molecule has 0 fully saturated rings. The summed E-state index contributed by atoms with van der Waals surface area (Å²) in [5.41, 5.74) is 3.83. The van der Waals surface area contributed by atoms with Crippen molar-refractivity contribution in [2.24, 2.45) is 0 Å². The fourth-order valence-corrected chi connectivity index (χ4v) is 3.18. The van der Waals surface area contributed by atoms with Crippen molar-refractivity contribution in [1.82, 2.24) is 14.2 Å². The third-order valence-electron chi connectivity index (χ3n) is 4.80. The van der Waals surface area contributed by atoms with Crippen LogP contribution in [-0.2, 0) is 6.54 Å². The molecule has 142 valence electrons. The normalized spacial score (nSPS) is 12.2. The Labute approximate surface area is 162 Å². The molecule has 6 heteroatoms. The number of aromatic nitrogens is 3. The van der Waals surface area contributed by atoms with Crippen LogP contribution in [0.3, 0.4) is 0 Å². The summed E-state index contributed by atoms with van der Waals surface area (Å²) in [6, 6.07) is 17.0. The number of methoxy groups -OCH3 is 1. The monoisotopic (exact) mass is 375 g/mol. The van der Waals surface area contributed by atoms with Crippen molar-refractivity contribution < 1.29 is 9.84 Å². The summed E-state index contributed by atoms with van der Waals surface area (Å²) < 4.78 is 8.27. The van der Waals surface area contributed by atoms with Gasteiger partial charge in [0.2, 0.25) is 0 Å². The second kappa shape index (κ2) is 7.32. The zero-order valence-electron chi connectivity index (χ0n) is 15.7. The van der Waals surface area contributed by atoms with E-state index >= 15 is 0 Å². The number of fused-ring (bicyclic) bond motifs is 1. The summed E-state index contributed by atoms with van der Waals surface area (Å²) in [4.78, 5) is 12.9. The first-order valence-electron chi connectivity index (χ1n) is 9.03. The Bertz CT molecular complexity index is 1180. The minimum absolute atomic E-state index is 0.146. The highest BCUT2D eigenvalue weighted by molar-refractivity contribution is 5.65. The van der Waals surface area contributed by atoms with Gasteiger partial charge in [-0.15, -0.1) is 0 Å². The summed E-state index contributed by atoms with van der Waals surface area (Å²) >= 11 is 0. The van der Waals surface area contributed by atoms with Crippen molar-refractivity contribution in [2.75, 3.05) is 7.11 Å². The second-order valence-electron chi connectivity index (χ2n) is 6.77. The molecule has 0 saturated heterocycles. The number of aliphatic hydroxyl groups is 1. The maximum Gasteiger partial charge on any atom is 0.276 e. The molecule has 0 radical (unpaired) electrons. The van der Waals surface area contributed by atoms with Gasteiger partial charge in [0.25, 0.3) is 5.56 Å². The highest BCUT2D eigenvalue weighted by atomic mass is 16.5. The van der Waals surface area contributed by atoms with Crippen molar-refractivity contribution in [3.8, 4) is 17.0 Å². The van der Waals surface area contributed by atoms with E-state index in [1.807, 2.05) is 49.4 Å². The molecule has 2 heterocycles. The number of rotatable bonds is 5. The van der Waals surface area contributed by atoms with E-state index in [1.54, 1.807) is 36.2 Å². The molecule has 4 aromatic rings. The predicted octanol–water partition coefficient (Wildman–Crippen LogP) is 3.21. The minimum atomic E-state index is -0.824. The van der Waals surface area contributed by atoms with E-state index in [1.165, 1.54) is 10.1 Å². The average molecular weight is 375 g/mol. The molecule has 1 atom stereocenters. The fourth-order valence-electron chi connectivity index (χ4n) is 3.18. The first kappa shape index (κ1) is 18.0. The molecule has 0 saturated carbocycles. The van der Waals surface area contributed by atoms with E-state index in [-0.39, 0.29) is 12.1 Å². The molecule has 2 aromatic heterocycles. The molecule has 0 aliphatic rings. The van der Waals surface area contributed by atoms with E-state index in [9.17, 15) is 9.90 Å². The Morgan fingerprint density at radius 3 is 2.64 bits per heavy atom. The Morgan fingerprint density at radius 1 is 1.11 bits per heavy atom. The SMILES string of the molecule is COc1cccc([C@@H](O)Cn2ccn3nc(-c4ccc(C)cc4)cc3c2=O)c1. The Morgan fingerprint density at radius 2 is 1.89 bits per heavy atom. The molecular formula is C22H21N3O3. The number of ether oxygens (including phenoxy) is 1. The minimum Gasteiger partial charge on any atom is -0.497 e. The molecule has 0 aliphatic heterocycles. The topological polar surface area (TPSA) is 68.8 Å². The third kappa shape index (κ3) is 3.42. The van der Waals surface area contributed by atoms with Crippen molar-refractivity contribution in [2.45, 2.75) is 19.6 Å². The van der Waals surface area contributed by atoms with Gasteiger partial charge in [0.15, 0.2) is 0 Å². The van der Waals surface area contributed by atoms with E-state index in [2.05, 4.69) is 5.10 Å². The van der Waals surface area contributed by atoms with Gasteiger partial charge in [-0.3, -0.25) is 4.79 Å². The van der Waals surface area contributed by atoms with Crippen LogP contribution in [0.1, 0.15) is 17.2 Å². The molecule has 6 nitrogen and oxygen atoms in total. The van der Waals surface area contributed by atoms with Gasteiger partial charge < -0.3 is 14.4 Å². The van der Waals surface area contributed by atoms with Gasteiger partial charge in [-0.2, -0.15) is 5.10 Å². The largest absolute Gasteiger partial charge is 0.497 e. The molecular weight excluding hydrogens is 354 g/mol. The molecule has 1 N–H and O–H groups in total. The smallest absolute Gasteiger partial charge is 0.276 e. The fraction of sp³-hybridized carbons (Fsp3) is 0.182. The predicted molar refractivity (Wildman–Crippen MR) is 108 cm³/mol. The Hall–Kier alpha value is -3.38. The number of hydrogen-bond donors (Lipinski definition) is 1. The number of benzene rings is 2. The molecule has 4 rings (SSSR count). The lowest BCUT2D eigenvalue weighted by Gasteiger charge is -2.14. The van der Waals surface area contributed by atoms with Crippen LogP contribution in [-0.4, -0.2) is 26.4 Å².